The molecule has 0 aliphatic heterocycles. The molecule has 1 saturated carbocycles. The van der Waals surface area contributed by atoms with Gasteiger partial charge in [-0.1, -0.05) is 43.5 Å². The molecule has 4 aromatic rings. The van der Waals surface area contributed by atoms with Gasteiger partial charge >= 0.3 is 0 Å². The second-order valence-electron chi connectivity index (χ2n) is 9.70. The number of nitrogens with two attached hydrogens (primary N) is 1. The van der Waals surface area contributed by atoms with E-state index in [9.17, 15) is 9.59 Å². The van der Waals surface area contributed by atoms with E-state index in [1.54, 1.807) is 23.7 Å². The molecule has 0 atom stereocenters. The van der Waals surface area contributed by atoms with Crippen LogP contribution in [0.4, 0.5) is 0 Å². The second kappa shape index (κ2) is 8.98. The number of aryl methyl sites for hydroxylation is 2. The molecule has 2 aromatic heterocycles. The van der Waals surface area contributed by atoms with E-state index >= 15 is 0 Å². The van der Waals surface area contributed by atoms with Crippen LogP contribution in [0.1, 0.15) is 48.0 Å². The maximum Gasteiger partial charge on any atom is 0.253 e. The summed E-state index contributed by atoms with van der Waals surface area (Å²) in [6.07, 6.45) is 10.7. The van der Waals surface area contributed by atoms with Crippen molar-refractivity contribution < 1.29 is 4.79 Å². The first-order chi connectivity index (χ1) is 16.4. The van der Waals surface area contributed by atoms with E-state index in [0.29, 0.717) is 11.5 Å². The van der Waals surface area contributed by atoms with Crippen LogP contribution in [0.25, 0.3) is 33.2 Å². The fraction of sp³-hybridized carbons (Fsp3) is 0.310. The number of fused-ring (bicyclic) bond motifs is 1. The maximum absolute atomic E-state index is 12.2. The molecule has 0 saturated heterocycles. The van der Waals surface area contributed by atoms with Gasteiger partial charge in [0.15, 0.2) is 0 Å². The van der Waals surface area contributed by atoms with E-state index < -0.39 is 5.91 Å². The predicted octanol–water partition coefficient (Wildman–Crippen LogP) is 5.66. The molecule has 5 rings (SSSR count). The summed E-state index contributed by atoms with van der Waals surface area (Å²) < 4.78 is 4.06. The normalized spacial score (nSPS) is 14.5. The van der Waals surface area contributed by atoms with Crippen molar-refractivity contribution in [3.63, 3.8) is 0 Å². The molecule has 2 aromatic carbocycles. The van der Waals surface area contributed by atoms with E-state index in [1.165, 1.54) is 43.0 Å². The van der Waals surface area contributed by atoms with Crippen molar-refractivity contribution in [1.82, 2.24) is 9.13 Å². The first kappa shape index (κ1) is 22.2. The Morgan fingerprint density at radius 2 is 1.65 bits per heavy atom. The Hall–Kier alpha value is -3.60. The SMILES string of the molecule is Cc1cc(-c2ccc3c(-c4ccc(C(N)=O)cc4)cn(CC4CCCCC4)c3c2)cn(C)c1=O. The summed E-state index contributed by atoms with van der Waals surface area (Å²) in [6.45, 7) is 2.87. The number of hydrogen-bond donors (Lipinski definition) is 1. The third kappa shape index (κ3) is 4.18. The molecule has 0 spiro atoms. The Kier molecular flexibility index (Phi) is 5.86. The number of carbonyl (C=O) groups excluding carboxylic acids is 1. The Morgan fingerprint density at radius 1 is 0.941 bits per heavy atom. The van der Waals surface area contributed by atoms with Gasteiger partial charge in [0.05, 0.1) is 0 Å². The number of aromatic nitrogens is 2. The van der Waals surface area contributed by atoms with Gasteiger partial charge in [-0.25, -0.2) is 0 Å². The maximum atomic E-state index is 12.2. The molecule has 5 nitrogen and oxygen atoms in total. The smallest absolute Gasteiger partial charge is 0.253 e. The van der Waals surface area contributed by atoms with Crippen LogP contribution in [0.5, 0.6) is 0 Å². The van der Waals surface area contributed by atoms with Crippen molar-refractivity contribution in [1.29, 1.82) is 0 Å². The van der Waals surface area contributed by atoms with Crippen LogP contribution in [0.15, 0.2) is 65.7 Å². The fourth-order valence-corrected chi connectivity index (χ4v) is 5.35. The molecular formula is C29H31N3O2. The monoisotopic (exact) mass is 453 g/mol. The quantitative estimate of drug-likeness (QED) is 0.423. The van der Waals surface area contributed by atoms with Gasteiger partial charge in [-0.15, -0.1) is 0 Å². The van der Waals surface area contributed by atoms with Crippen molar-refractivity contribution in [3.8, 4) is 22.3 Å². The Bertz CT molecular complexity index is 1390. The zero-order valence-corrected chi connectivity index (χ0v) is 19.9. The molecule has 2 heterocycles. The van der Waals surface area contributed by atoms with Crippen LogP contribution < -0.4 is 11.3 Å². The number of hydrogen-bond acceptors (Lipinski definition) is 2. The topological polar surface area (TPSA) is 70.0 Å². The lowest BCUT2D eigenvalue weighted by Crippen LogP contribution is -2.18. The van der Waals surface area contributed by atoms with Gasteiger partial charge in [0.25, 0.3) is 5.56 Å². The highest BCUT2D eigenvalue weighted by Gasteiger charge is 2.18. The van der Waals surface area contributed by atoms with Gasteiger partial charge < -0.3 is 14.9 Å². The largest absolute Gasteiger partial charge is 0.366 e. The van der Waals surface area contributed by atoms with E-state index in [4.69, 9.17) is 5.73 Å². The highest BCUT2D eigenvalue weighted by Crippen LogP contribution is 2.35. The van der Waals surface area contributed by atoms with Crippen LogP contribution >= 0.6 is 0 Å². The predicted molar refractivity (Wildman–Crippen MR) is 138 cm³/mol. The molecule has 34 heavy (non-hydrogen) atoms. The van der Waals surface area contributed by atoms with Gasteiger partial charge in [0, 0.05) is 53.6 Å². The standard InChI is InChI=1S/C29H31N3O2/c1-19-14-24(17-31(2)29(19)34)23-12-13-25-26(21-8-10-22(11-9-21)28(30)33)18-32(27(25)15-23)16-20-6-4-3-5-7-20/h8-15,17-18,20H,3-7,16H2,1-2H3,(H2,30,33). The fourth-order valence-electron chi connectivity index (χ4n) is 5.35. The zero-order valence-electron chi connectivity index (χ0n) is 19.9. The summed E-state index contributed by atoms with van der Waals surface area (Å²) in [5.41, 5.74) is 12.3. The van der Waals surface area contributed by atoms with Crippen LogP contribution in [0, 0.1) is 12.8 Å². The zero-order chi connectivity index (χ0) is 23.8. The minimum atomic E-state index is -0.413. The third-order valence-corrected chi connectivity index (χ3v) is 7.24. The second-order valence-corrected chi connectivity index (χ2v) is 9.70. The van der Waals surface area contributed by atoms with Crippen molar-refractivity contribution in [2.45, 2.75) is 45.6 Å². The number of amides is 1. The lowest BCUT2D eigenvalue weighted by Gasteiger charge is -2.22. The van der Waals surface area contributed by atoms with Crippen LogP contribution in [-0.4, -0.2) is 15.0 Å². The van der Waals surface area contributed by atoms with Gasteiger partial charge in [-0.2, -0.15) is 0 Å². The minimum absolute atomic E-state index is 0.0344. The molecule has 0 unspecified atom stereocenters. The molecule has 0 radical (unpaired) electrons. The van der Waals surface area contributed by atoms with Gasteiger partial charge in [0.2, 0.25) is 5.91 Å². The van der Waals surface area contributed by atoms with Crippen molar-refractivity contribution >= 4 is 16.8 Å². The van der Waals surface area contributed by atoms with Gasteiger partial charge in [-0.3, -0.25) is 9.59 Å². The minimum Gasteiger partial charge on any atom is -0.366 e. The lowest BCUT2D eigenvalue weighted by atomic mass is 9.89. The van der Waals surface area contributed by atoms with E-state index in [2.05, 4.69) is 29.0 Å². The van der Waals surface area contributed by atoms with Crippen LogP contribution in [0.3, 0.4) is 0 Å². The number of rotatable bonds is 5. The third-order valence-electron chi connectivity index (χ3n) is 7.24. The molecule has 174 valence electrons. The summed E-state index contributed by atoms with van der Waals surface area (Å²) >= 11 is 0. The first-order valence-corrected chi connectivity index (χ1v) is 12.1. The van der Waals surface area contributed by atoms with E-state index in [-0.39, 0.29) is 5.56 Å². The molecular weight excluding hydrogens is 422 g/mol. The summed E-state index contributed by atoms with van der Waals surface area (Å²) in [5, 5.41) is 1.19. The van der Waals surface area contributed by atoms with Gasteiger partial charge in [-0.05, 0) is 66.6 Å². The average molecular weight is 454 g/mol. The van der Waals surface area contributed by atoms with E-state index in [1.807, 2.05) is 31.3 Å². The summed E-state index contributed by atoms with van der Waals surface area (Å²) in [4.78, 5) is 23.7. The lowest BCUT2D eigenvalue weighted by molar-refractivity contribution is 0.100. The van der Waals surface area contributed by atoms with Crippen molar-refractivity contribution in [3.05, 3.63) is 82.4 Å². The molecule has 5 heteroatoms. The Labute approximate surface area is 199 Å². The average Bonchev–Trinajstić information content (AvgIpc) is 3.20. The molecule has 1 aliphatic carbocycles. The number of pyridine rings is 1. The highest BCUT2D eigenvalue weighted by atomic mass is 16.1. The summed E-state index contributed by atoms with van der Waals surface area (Å²) in [6, 6.07) is 16.1. The van der Waals surface area contributed by atoms with Gasteiger partial charge in [0.1, 0.15) is 0 Å². The number of carbonyl (C=O) groups is 1. The first-order valence-electron chi connectivity index (χ1n) is 12.1. The number of nitrogens with zero attached hydrogens (tertiary/aromatic N) is 2. The van der Waals surface area contributed by atoms with Crippen LogP contribution in [0.2, 0.25) is 0 Å². The van der Waals surface area contributed by atoms with Crippen LogP contribution in [-0.2, 0) is 13.6 Å². The Balaban J connectivity index is 1.63. The van der Waals surface area contributed by atoms with E-state index in [0.717, 1.165) is 34.4 Å². The summed E-state index contributed by atoms with van der Waals surface area (Å²) in [5.74, 6) is 0.279. The van der Waals surface area contributed by atoms with Crippen molar-refractivity contribution in [2.75, 3.05) is 0 Å². The number of primary amides is 1. The molecule has 1 amide bonds. The Morgan fingerprint density at radius 3 is 2.32 bits per heavy atom. The summed E-state index contributed by atoms with van der Waals surface area (Å²) in [7, 11) is 1.80. The molecule has 1 aliphatic rings. The number of benzene rings is 2. The molecule has 2 N–H and O–H groups in total. The van der Waals surface area contributed by atoms with Crippen molar-refractivity contribution in [2.24, 2.45) is 18.7 Å². The molecule has 0 bridgehead atoms. The highest BCUT2D eigenvalue weighted by molar-refractivity contribution is 5.99. The molecule has 1 fully saturated rings.